The fourth-order valence-corrected chi connectivity index (χ4v) is 4.23. The van der Waals surface area contributed by atoms with Crippen LogP contribution in [0.4, 0.5) is 5.82 Å². The summed E-state index contributed by atoms with van der Waals surface area (Å²) in [5.74, 6) is 0.494. The maximum Gasteiger partial charge on any atom is 0.307 e. The number of rotatable bonds is 12. The highest BCUT2D eigenvalue weighted by atomic mass is 16.5. The van der Waals surface area contributed by atoms with Gasteiger partial charge >= 0.3 is 5.97 Å². The highest BCUT2D eigenvalue weighted by Crippen LogP contribution is 2.29. The van der Waals surface area contributed by atoms with Gasteiger partial charge in [0.25, 0.3) is 0 Å². The molecule has 2 aromatic carbocycles. The minimum Gasteiger partial charge on any atom is -0.481 e. The summed E-state index contributed by atoms with van der Waals surface area (Å²) in [4.78, 5) is 20.2. The highest BCUT2D eigenvalue weighted by Gasteiger charge is 2.17. The smallest absolute Gasteiger partial charge is 0.307 e. The lowest BCUT2D eigenvalue weighted by Gasteiger charge is -2.11. The Morgan fingerprint density at radius 3 is 2.76 bits per heavy atom. The van der Waals surface area contributed by atoms with Crippen molar-refractivity contribution in [3.63, 3.8) is 0 Å². The number of unbranched alkanes of at least 4 members (excludes halogenated alkanes) is 1. The van der Waals surface area contributed by atoms with Gasteiger partial charge in [-0.2, -0.15) is 0 Å². The molecule has 0 saturated heterocycles. The largest absolute Gasteiger partial charge is 0.481 e. The van der Waals surface area contributed by atoms with E-state index in [1.165, 1.54) is 0 Å². The van der Waals surface area contributed by atoms with Crippen LogP contribution < -0.4 is 11.1 Å². The van der Waals surface area contributed by atoms with Gasteiger partial charge in [0.1, 0.15) is 17.9 Å². The summed E-state index contributed by atoms with van der Waals surface area (Å²) in [6.07, 6.45) is 2.00. The number of nitrogens with one attached hydrogen (secondary N) is 1. The van der Waals surface area contributed by atoms with E-state index in [4.69, 9.17) is 20.6 Å². The van der Waals surface area contributed by atoms with Crippen LogP contribution in [-0.2, 0) is 35.6 Å². The first-order chi connectivity index (χ1) is 16.6. The van der Waals surface area contributed by atoms with Gasteiger partial charge in [0.2, 0.25) is 0 Å². The number of aliphatic carboxylic acids is 1. The van der Waals surface area contributed by atoms with E-state index in [-0.39, 0.29) is 6.42 Å². The minimum absolute atomic E-state index is 0.0471. The number of nitrogen functional groups attached to an aromatic ring is 1. The van der Waals surface area contributed by atoms with Gasteiger partial charge in [-0.15, -0.1) is 0 Å². The maximum absolute atomic E-state index is 10.9. The lowest BCUT2D eigenvalue weighted by atomic mass is 10.1. The maximum atomic E-state index is 10.9. The number of carbonyl (C=O) groups is 1. The second-order valence-corrected chi connectivity index (χ2v) is 8.30. The zero-order chi connectivity index (χ0) is 23.9. The first-order valence-corrected chi connectivity index (χ1v) is 11.7. The predicted molar refractivity (Wildman–Crippen MR) is 133 cm³/mol. The van der Waals surface area contributed by atoms with Crippen molar-refractivity contribution in [1.29, 1.82) is 0 Å². The average molecular weight is 462 g/mol. The van der Waals surface area contributed by atoms with E-state index in [9.17, 15) is 4.79 Å². The van der Waals surface area contributed by atoms with Crippen LogP contribution in [0.5, 0.6) is 0 Å². The van der Waals surface area contributed by atoms with Crippen LogP contribution in [0, 0.1) is 0 Å². The van der Waals surface area contributed by atoms with Crippen LogP contribution in [-0.4, -0.2) is 38.8 Å². The first-order valence-electron chi connectivity index (χ1n) is 11.7. The number of imidazole rings is 1. The van der Waals surface area contributed by atoms with Crippen LogP contribution in [0.1, 0.15) is 36.7 Å². The molecular weight excluding hydrogens is 430 g/mol. The zero-order valence-electron chi connectivity index (χ0n) is 19.5. The van der Waals surface area contributed by atoms with E-state index >= 15 is 0 Å². The molecule has 0 spiro atoms. The number of hydrogen-bond donors (Lipinski definition) is 3. The third-order valence-corrected chi connectivity index (χ3v) is 5.79. The summed E-state index contributed by atoms with van der Waals surface area (Å²) in [7, 11) is 0. The summed E-state index contributed by atoms with van der Waals surface area (Å²) in [6.45, 7) is 5.41. The van der Waals surface area contributed by atoms with E-state index in [1.807, 2.05) is 49.4 Å². The Kier molecular flexibility index (Phi) is 7.72. The van der Waals surface area contributed by atoms with Crippen molar-refractivity contribution in [3.05, 3.63) is 65.5 Å². The van der Waals surface area contributed by atoms with Crippen molar-refractivity contribution >= 4 is 33.7 Å². The van der Waals surface area contributed by atoms with Crippen molar-refractivity contribution < 1.29 is 14.6 Å². The van der Waals surface area contributed by atoms with Gasteiger partial charge in [0.15, 0.2) is 5.82 Å². The number of aromatic nitrogens is 3. The number of pyridine rings is 1. The Labute approximate surface area is 198 Å². The van der Waals surface area contributed by atoms with Crippen LogP contribution in [0.15, 0.2) is 48.5 Å². The van der Waals surface area contributed by atoms with Crippen LogP contribution in [0.2, 0.25) is 0 Å². The average Bonchev–Trinajstić information content (AvgIpc) is 3.19. The molecule has 0 atom stereocenters. The molecule has 4 aromatic rings. The lowest BCUT2D eigenvalue weighted by molar-refractivity contribution is -0.136. The molecule has 0 radical (unpaired) electrons. The molecule has 34 heavy (non-hydrogen) atoms. The monoisotopic (exact) mass is 461 g/mol. The molecule has 0 amide bonds. The molecule has 0 aliphatic carbocycles. The summed E-state index contributed by atoms with van der Waals surface area (Å²) in [6, 6.07) is 15.7. The van der Waals surface area contributed by atoms with E-state index in [1.54, 1.807) is 0 Å². The Morgan fingerprint density at radius 1 is 1.12 bits per heavy atom. The van der Waals surface area contributed by atoms with Crippen molar-refractivity contribution in [2.75, 3.05) is 18.9 Å². The number of anilines is 1. The van der Waals surface area contributed by atoms with Gasteiger partial charge in [0.05, 0.1) is 17.5 Å². The van der Waals surface area contributed by atoms with Gasteiger partial charge < -0.3 is 25.5 Å². The molecule has 0 bridgehead atoms. The van der Waals surface area contributed by atoms with E-state index in [0.717, 1.165) is 64.8 Å². The molecule has 8 heteroatoms. The Balaban J connectivity index is 1.41. The predicted octanol–water partition coefficient (Wildman–Crippen LogP) is 3.90. The summed E-state index contributed by atoms with van der Waals surface area (Å²) in [5.41, 5.74) is 10.8. The number of nitrogens with two attached hydrogens (primary N) is 1. The fourth-order valence-electron chi connectivity index (χ4n) is 4.23. The standard InChI is InChI=1S/C26H31N5O3/c1-2-34-17-22-30-24-25(20-10-3-4-11-21(20)29-26(24)27)31(22)13-6-5-12-28-16-19-9-7-8-18(14-19)15-23(32)33/h3-4,7-11,14,28H,2,5-6,12-13,15-17H2,1H3,(H2,27,29)(H,32,33). The number of carboxylic acids is 1. The molecule has 0 fully saturated rings. The number of fused-ring (bicyclic) bond motifs is 3. The number of benzene rings is 2. The molecule has 2 aromatic heterocycles. The molecule has 2 heterocycles. The molecule has 4 N–H and O–H groups in total. The third-order valence-electron chi connectivity index (χ3n) is 5.79. The topological polar surface area (TPSA) is 115 Å². The third kappa shape index (κ3) is 5.52. The quantitative estimate of drug-likeness (QED) is 0.274. The molecule has 8 nitrogen and oxygen atoms in total. The molecule has 0 aliphatic heterocycles. The summed E-state index contributed by atoms with van der Waals surface area (Å²) < 4.78 is 7.90. The van der Waals surface area contributed by atoms with Crippen molar-refractivity contribution in [2.45, 2.75) is 45.9 Å². The molecular formula is C26H31N5O3. The lowest BCUT2D eigenvalue weighted by Crippen LogP contribution is -2.16. The molecule has 178 valence electrons. The fraction of sp³-hybridized carbons (Fsp3) is 0.346. The molecule has 0 saturated carbocycles. The number of para-hydroxylation sites is 1. The summed E-state index contributed by atoms with van der Waals surface area (Å²) >= 11 is 0. The second-order valence-electron chi connectivity index (χ2n) is 8.30. The van der Waals surface area contributed by atoms with Crippen molar-refractivity contribution in [2.24, 2.45) is 0 Å². The van der Waals surface area contributed by atoms with E-state index in [2.05, 4.69) is 20.9 Å². The zero-order valence-corrected chi connectivity index (χ0v) is 19.5. The normalized spacial score (nSPS) is 11.4. The first kappa shape index (κ1) is 23.7. The van der Waals surface area contributed by atoms with Gasteiger partial charge in [-0.1, -0.05) is 42.5 Å². The van der Waals surface area contributed by atoms with Gasteiger partial charge in [-0.25, -0.2) is 9.97 Å². The van der Waals surface area contributed by atoms with Gasteiger partial charge in [-0.05, 0) is 43.5 Å². The van der Waals surface area contributed by atoms with Gasteiger partial charge in [0, 0.05) is 25.1 Å². The Hall–Kier alpha value is -3.49. The number of carboxylic acid groups (broad SMARTS) is 1. The minimum atomic E-state index is -0.814. The Bertz CT molecular complexity index is 1280. The van der Waals surface area contributed by atoms with E-state index < -0.39 is 5.97 Å². The van der Waals surface area contributed by atoms with Crippen molar-refractivity contribution in [3.8, 4) is 0 Å². The number of ether oxygens (including phenoxy) is 1. The van der Waals surface area contributed by atoms with Crippen LogP contribution in [0.3, 0.4) is 0 Å². The highest BCUT2D eigenvalue weighted by molar-refractivity contribution is 6.06. The van der Waals surface area contributed by atoms with Crippen LogP contribution >= 0.6 is 0 Å². The molecule has 0 unspecified atom stereocenters. The Morgan fingerprint density at radius 2 is 1.94 bits per heavy atom. The number of aryl methyl sites for hydroxylation is 1. The SMILES string of the molecule is CCOCc1nc2c(N)nc3ccccc3c2n1CCCCNCc1cccc(CC(=O)O)c1. The number of hydrogen-bond acceptors (Lipinski definition) is 6. The second kappa shape index (κ2) is 11.1. The van der Waals surface area contributed by atoms with E-state index in [0.29, 0.717) is 25.6 Å². The number of nitrogens with zero attached hydrogens (tertiary/aromatic N) is 3. The van der Waals surface area contributed by atoms with Crippen molar-refractivity contribution in [1.82, 2.24) is 19.9 Å². The van der Waals surface area contributed by atoms with Gasteiger partial charge in [-0.3, -0.25) is 4.79 Å². The molecule has 0 aliphatic rings. The summed E-state index contributed by atoms with van der Waals surface area (Å²) in [5, 5.41) is 13.5. The molecule has 4 rings (SSSR count). The van der Waals surface area contributed by atoms with Crippen LogP contribution in [0.25, 0.3) is 21.9 Å².